The Hall–Kier alpha value is -3.14. The van der Waals surface area contributed by atoms with E-state index in [-0.39, 0.29) is 5.91 Å². The quantitative estimate of drug-likeness (QED) is 0.712. The molecule has 1 heterocycles. The van der Waals surface area contributed by atoms with Crippen molar-refractivity contribution >= 4 is 17.3 Å². The lowest BCUT2D eigenvalue weighted by Crippen LogP contribution is -2.14. The van der Waals surface area contributed by atoms with Gasteiger partial charge in [-0.3, -0.25) is 9.78 Å². The Kier molecular flexibility index (Phi) is 5.42. The second-order valence-electron chi connectivity index (χ2n) is 6.00. The molecule has 4 heteroatoms. The number of anilines is 2. The van der Waals surface area contributed by atoms with Crippen LogP contribution in [0.1, 0.15) is 16.7 Å². The van der Waals surface area contributed by atoms with Gasteiger partial charge >= 0.3 is 0 Å². The zero-order chi connectivity index (χ0) is 17.5. The standard InChI is InChI=1S/C21H21N3O/c1-16-3-2-4-18(13-16)14-21(25)24-20-7-5-19(6-8-20)23-15-17-9-11-22-12-10-17/h2-13,23H,14-15H2,1H3,(H,24,25). The van der Waals surface area contributed by atoms with Gasteiger partial charge in [0.2, 0.25) is 5.91 Å². The van der Waals surface area contributed by atoms with Crippen LogP contribution in [0.25, 0.3) is 0 Å². The van der Waals surface area contributed by atoms with Crippen LogP contribution in [0.15, 0.2) is 73.1 Å². The molecule has 3 aromatic rings. The third kappa shape index (κ3) is 5.18. The lowest BCUT2D eigenvalue weighted by atomic mass is 10.1. The molecule has 0 spiro atoms. The number of nitrogens with one attached hydrogen (secondary N) is 2. The van der Waals surface area contributed by atoms with Crippen LogP contribution in [-0.4, -0.2) is 10.9 Å². The van der Waals surface area contributed by atoms with E-state index < -0.39 is 0 Å². The predicted octanol–water partition coefficient (Wildman–Crippen LogP) is 4.18. The third-order valence-electron chi connectivity index (χ3n) is 3.86. The maximum atomic E-state index is 12.2. The number of aromatic nitrogens is 1. The van der Waals surface area contributed by atoms with Crippen LogP contribution < -0.4 is 10.6 Å². The van der Waals surface area contributed by atoms with Crippen LogP contribution in [0.3, 0.4) is 0 Å². The summed E-state index contributed by atoms with van der Waals surface area (Å²) in [5, 5.41) is 6.28. The number of hydrogen-bond donors (Lipinski definition) is 2. The first-order valence-corrected chi connectivity index (χ1v) is 8.27. The van der Waals surface area contributed by atoms with Gasteiger partial charge in [0.05, 0.1) is 6.42 Å². The summed E-state index contributed by atoms with van der Waals surface area (Å²) in [6.45, 7) is 2.76. The van der Waals surface area contributed by atoms with Crippen molar-refractivity contribution in [2.45, 2.75) is 19.9 Å². The molecule has 0 bridgehead atoms. The number of nitrogens with zero attached hydrogens (tertiary/aromatic N) is 1. The number of rotatable bonds is 6. The van der Waals surface area contributed by atoms with E-state index in [0.717, 1.165) is 29.0 Å². The van der Waals surface area contributed by atoms with Gasteiger partial charge in [0.1, 0.15) is 0 Å². The van der Waals surface area contributed by atoms with E-state index in [2.05, 4.69) is 15.6 Å². The van der Waals surface area contributed by atoms with Gasteiger partial charge in [0, 0.05) is 30.3 Å². The van der Waals surface area contributed by atoms with E-state index in [1.165, 1.54) is 5.56 Å². The molecule has 0 aliphatic rings. The molecule has 0 saturated heterocycles. The van der Waals surface area contributed by atoms with Crippen LogP contribution in [0.5, 0.6) is 0 Å². The minimum Gasteiger partial charge on any atom is -0.381 e. The first-order chi connectivity index (χ1) is 12.2. The van der Waals surface area contributed by atoms with E-state index in [0.29, 0.717) is 6.42 Å². The summed E-state index contributed by atoms with van der Waals surface area (Å²) in [5.74, 6) is -0.0110. The average Bonchev–Trinajstić information content (AvgIpc) is 2.62. The fraction of sp³-hybridized carbons (Fsp3) is 0.143. The smallest absolute Gasteiger partial charge is 0.228 e. The van der Waals surface area contributed by atoms with E-state index >= 15 is 0 Å². The molecule has 0 fully saturated rings. The lowest BCUT2D eigenvalue weighted by molar-refractivity contribution is -0.115. The van der Waals surface area contributed by atoms with Crippen LogP contribution in [0.2, 0.25) is 0 Å². The van der Waals surface area contributed by atoms with E-state index in [1.807, 2.05) is 67.6 Å². The number of hydrogen-bond acceptors (Lipinski definition) is 3. The number of pyridine rings is 1. The summed E-state index contributed by atoms with van der Waals surface area (Å²) in [4.78, 5) is 16.2. The molecule has 25 heavy (non-hydrogen) atoms. The fourth-order valence-electron chi connectivity index (χ4n) is 2.59. The molecule has 1 amide bonds. The van der Waals surface area contributed by atoms with Crippen molar-refractivity contribution in [1.29, 1.82) is 0 Å². The highest BCUT2D eigenvalue weighted by molar-refractivity contribution is 5.92. The summed E-state index contributed by atoms with van der Waals surface area (Å²) < 4.78 is 0. The average molecular weight is 331 g/mol. The van der Waals surface area contributed by atoms with Crippen molar-refractivity contribution in [3.8, 4) is 0 Å². The zero-order valence-electron chi connectivity index (χ0n) is 14.2. The fourth-order valence-corrected chi connectivity index (χ4v) is 2.59. The molecule has 3 rings (SSSR count). The minimum absolute atomic E-state index is 0.0110. The molecule has 0 aliphatic heterocycles. The van der Waals surface area contributed by atoms with Crippen molar-refractivity contribution in [2.24, 2.45) is 0 Å². The normalized spacial score (nSPS) is 10.3. The summed E-state index contributed by atoms with van der Waals surface area (Å²) in [5.41, 5.74) is 5.16. The molecule has 0 atom stereocenters. The Morgan fingerprint density at radius 2 is 1.64 bits per heavy atom. The highest BCUT2D eigenvalue weighted by atomic mass is 16.1. The molecular weight excluding hydrogens is 310 g/mol. The van der Waals surface area contributed by atoms with Gasteiger partial charge in [-0.2, -0.15) is 0 Å². The number of carbonyl (C=O) groups excluding carboxylic acids is 1. The molecule has 2 aromatic carbocycles. The maximum Gasteiger partial charge on any atom is 0.228 e. The number of amides is 1. The van der Waals surface area contributed by atoms with Crippen LogP contribution in [-0.2, 0) is 17.8 Å². The molecule has 1 aromatic heterocycles. The Morgan fingerprint density at radius 3 is 2.36 bits per heavy atom. The van der Waals surface area contributed by atoms with Gasteiger partial charge in [-0.25, -0.2) is 0 Å². The van der Waals surface area contributed by atoms with E-state index in [4.69, 9.17) is 0 Å². The van der Waals surface area contributed by atoms with Gasteiger partial charge < -0.3 is 10.6 Å². The first-order valence-electron chi connectivity index (χ1n) is 8.27. The SMILES string of the molecule is Cc1cccc(CC(=O)Nc2ccc(NCc3ccncc3)cc2)c1. The highest BCUT2D eigenvalue weighted by Gasteiger charge is 2.04. The predicted molar refractivity (Wildman–Crippen MR) is 102 cm³/mol. The van der Waals surface area contributed by atoms with Crippen LogP contribution >= 0.6 is 0 Å². The summed E-state index contributed by atoms with van der Waals surface area (Å²) in [6.07, 6.45) is 3.94. The maximum absolute atomic E-state index is 12.2. The number of carbonyl (C=O) groups is 1. The van der Waals surface area contributed by atoms with Crippen molar-refractivity contribution < 1.29 is 4.79 Å². The van der Waals surface area contributed by atoms with Gasteiger partial charge in [0.25, 0.3) is 0 Å². The summed E-state index contributed by atoms with van der Waals surface area (Å²) in [6, 6.07) is 19.7. The molecule has 4 nitrogen and oxygen atoms in total. The highest BCUT2D eigenvalue weighted by Crippen LogP contribution is 2.15. The van der Waals surface area contributed by atoms with E-state index in [1.54, 1.807) is 12.4 Å². The Bertz CT molecular complexity index is 829. The molecule has 126 valence electrons. The third-order valence-corrected chi connectivity index (χ3v) is 3.86. The number of benzene rings is 2. The number of aryl methyl sites for hydroxylation is 1. The van der Waals surface area contributed by atoms with E-state index in [9.17, 15) is 4.79 Å². The molecule has 0 aliphatic carbocycles. The van der Waals surface area contributed by atoms with Crippen LogP contribution in [0.4, 0.5) is 11.4 Å². The van der Waals surface area contributed by atoms with Gasteiger partial charge in [-0.05, 0) is 54.4 Å². The summed E-state index contributed by atoms with van der Waals surface area (Å²) >= 11 is 0. The molecular formula is C21H21N3O. The monoisotopic (exact) mass is 331 g/mol. The van der Waals surface area contributed by atoms with Crippen molar-refractivity contribution in [3.63, 3.8) is 0 Å². The van der Waals surface area contributed by atoms with Gasteiger partial charge in [-0.15, -0.1) is 0 Å². The zero-order valence-corrected chi connectivity index (χ0v) is 14.2. The molecule has 0 radical (unpaired) electrons. The van der Waals surface area contributed by atoms with Crippen molar-refractivity contribution in [1.82, 2.24) is 4.98 Å². The minimum atomic E-state index is -0.0110. The molecule has 0 unspecified atom stereocenters. The topological polar surface area (TPSA) is 54.0 Å². The van der Waals surface area contributed by atoms with Gasteiger partial charge in [-0.1, -0.05) is 29.8 Å². The molecule has 2 N–H and O–H groups in total. The molecule has 0 saturated carbocycles. The van der Waals surface area contributed by atoms with Crippen LogP contribution in [0, 0.1) is 6.92 Å². The Balaban J connectivity index is 1.52. The largest absolute Gasteiger partial charge is 0.381 e. The first kappa shape index (κ1) is 16.7. The van der Waals surface area contributed by atoms with Gasteiger partial charge in [0.15, 0.2) is 0 Å². The Labute approximate surface area is 147 Å². The summed E-state index contributed by atoms with van der Waals surface area (Å²) in [7, 11) is 0. The second kappa shape index (κ2) is 8.11. The van der Waals surface area contributed by atoms with Crippen molar-refractivity contribution in [3.05, 3.63) is 89.7 Å². The second-order valence-corrected chi connectivity index (χ2v) is 6.00. The Morgan fingerprint density at radius 1 is 0.920 bits per heavy atom. The van der Waals surface area contributed by atoms with Crippen molar-refractivity contribution in [2.75, 3.05) is 10.6 Å². The lowest BCUT2D eigenvalue weighted by Gasteiger charge is -2.09.